The summed E-state index contributed by atoms with van der Waals surface area (Å²) in [4.78, 5) is 15.9. The van der Waals surface area contributed by atoms with Crippen LogP contribution in [0.1, 0.15) is 36.1 Å². The number of benzene rings is 1. The Morgan fingerprint density at radius 3 is 2.88 bits per heavy atom. The number of carbonyl (C=O) groups excluding carboxylic acids is 1. The fourth-order valence-corrected chi connectivity index (χ4v) is 3.92. The summed E-state index contributed by atoms with van der Waals surface area (Å²) in [5, 5.41) is 12.1. The SMILES string of the molecule is O=C(CCCc1cccs1)N(Cc1ccccc1O)CC1CCCO1. The fraction of sp³-hybridized carbons (Fsp3) is 0.450. The topological polar surface area (TPSA) is 49.8 Å². The predicted octanol–water partition coefficient (Wildman–Crippen LogP) is 3.98. The maximum absolute atomic E-state index is 12.8. The van der Waals surface area contributed by atoms with Crippen LogP contribution in [-0.4, -0.2) is 35.2 Å². The molecule has 0 spiro atoms. The number of phenolic OH excluding ortho intramolecular Hbond substituents is 1. The van der Waals surface area contributed by atoms with Crippen molar-refractivity contribution < 1.29 is 14.6 Å². The first-order chi connectivity index (χ1) is 12.2. The van der Waals surface area contributed by atoms with Crippen LogP contribution in [0.15, 0.2) is 41.8 Å². The van der Waals surface area contributed by atoms with Crippen LogP contribution in [0.25, 0.3) is 0 Å². The van der Waals surface area contributed by atoms with Crippen LogP contribution in [0.4, 0.5) is 0 Å². The van der Waals surface area contributed by atoms with E-state index in [4.69, 9.17) is 4.74 Å². The molecule has 5 heteroatoms. The van der Waals surface area contributed by atoms with Gasteiger partial charge in [0.25, 0.3) is 0 Å². The molecule has 1 aromatic heterocycles. The van der Waals surface area contributed by atoms with E-state index >= 15 is 0 Å². The highest BCUT2D eigenvalue weighted by molar-refractivity contribution is 7.09. The average Bonchev–Trinajstić information content (AvgIpc) is 3.30. The van der Waals surface area contributed by atoms with Gasteiger partial charge in [0.1, 0.15) is 5.75 Å². The number of ether oxygens (including phenoxy) is 1. The lowest BCUT2D eigenvalue weighted by atomic mass is 10.1. The second-order valence-corrected chi connectivity index (χ2v) is 7.50. The van der Waals surface area contributed by atoms with Crippen LogP contribution in [0.5, 0.6) is 5.75 Å². The lowest BCUT2D eigenvalue weighted by Gasteiger charge is -2.26. The van der Waals surface area contributed by atoms with Crippen LogP contribution in [0.2, 0.25) is 0 Å². The van der Waals surface area contributed by atoms with Gasteiger partial charge in [-0.3, -0.25) is 4.79 Å². The highest BCUT2D eigenvalue weighted by atomic mass is 32.1. The van der Waals surface area contributed by atoms with Gasteiger partial charge in [0.05, 0.1) is 6.10 Å². The number of carbonyl (C=O) groups is 1. The molecule has 1 amide bonds. The second kappa shape index (κ2) is 9.02. The lowest BCUT2D eigenvalue weighted by molar-refractivity contribution is -0.133. The van der Waals surface area contributed by atoms with Crippen LogP contribution in [-0.2, 0) is 22.5 Å². The van der Waals surface area contributed by atoms with Crippen LogP contribution in [0, 0.1) is 0 Å². The van der Waals surface area contributed by atoms with E-state index < -0.39 is 0 Å². The van der Waals surface area contributed by atoms with Gasteiger partial charge < -0.3 is 14.7 Å². The van der Waals surface area contributed by atoms with Gasteiger partial charge in [0.2, 0.25) is 5.91 Å². The smallest absolute Gasteiger partial charge is 0.222 e. The summed E-state index contributed by atoms with van der Waals surface area (Å²) in [6.45, 7) is 1.82. The Balaban J connectivity index is 1.60. The molecule has 1 aromatic carbocycles. The molecule has 1 saturated heterocycles. The Kier molecular flexibility index (Phi) is 6.48. The Morgan fingerprint density at radius 1 is 1.28 bits per heavy atom. The van der Waals surface area contributed by atoms with Crippen molar-refractivity contribution in [2.45, 2.75) is 44.8 Å². The molecule has 1 N–H and O–H groups in total. The number of hydrogen-bond acceptors (Lipinski definition) is 4. The van der Waals surface area contributed by atoms with E-state index in [0.29, 0.717) is 19.5 Å². The van der Waals surface area contributed by atoms with E-state index in [-0.39, 0.29) is 17.8 Å². The average molecular weight is 359 g/mol. The van der Waals surface area contributed by atoms with Crippen molar-refractivity contribution in [2.24, 2.45) is 0 Å². The molecule has 134 valence electrons. The molecule has 0 aliphatic carbocycles. The Morgan fingerprint density at radius 2 is 2.16 bits per heavy atom. The first kappa shape index (κ1) is 18.0. The summed E-state index contributed by atoms with van der Waals surface area (Å²) >= 11 is 1.74. The summed E-state index contributed by atoms with van der Waals surface area (Å²) < 4.78 is 5.71. The molecule has 25 heavy (non-hydrogen) atoms. The van der Waals surface area contributed by atoms with Crippen molar-refractivity contribution in [1.82, 2.24) is 4.90 Å². The molecule has 1 aliphatic rings. The number of amides is 1. The van der Waals surface area contributed by atoms with Crippen molar-refractivity contribution in [2.75, 3.05) is 13.2 Å². The van der Waals surface area contributed by atoms with Crippen LogP contribution < -0.4 is 0 Å². The molecule has 0 saturated carbocycles. The Labute approximate surface area is 153 Å². The standard InChI is InChI=1S/C20H25NO3S/c22-19-10-2-1-6-16(19)14-21(15-17-7-4-12-24-17)20(23)11-3-8-18-9-5-13-25-18/h1-2,5-6,9-10,13,17,22H,3-4,7-8,11-12,14-15H2. The van der Waals surface area contributed by atoms with E-state index in [2.05, 4.69) is 11.4 Å². The minimum atomic E-state index is 0.118. The van der Waals surface area contributed by atoms with Gasteiger partial charge in [0, 0.05) is 36.6 Å². The molecule has 2 heterocycles. The first-order valence-corrected chi connectivity index (χ1v) is 9.79. The molecule has 0 radical (unpaired) electrons. The summed E-state index contributed by atoms with van der Waals surface area (Å²) in [7, 11) is 0. The number of thiophene rings is 1. The second-order valence-electron chi connectivity index (χ2n) is 6.47. The first-order valence-electron chi connectivity index (χ1n) is 8.91. The molecular formula is C20H25NO3S. The molecular weight excluding hydrogens is 334 g/mol. The maximum Gasteiger partial charge on any atom is 0.222 e. The van der Waals surface area contributed by atoms with E-state index in [1.54, 1.807) is 23.5 Å². The summed E-state index contributed by atoms with van der Waals surface area (Å²) in [5.41, 5.74) is 0.784. The van der Waals surface area contributed by atoms with Gasteiger partial charge in [-0.2, -0.15) is 0 Å². The number of nitrogens with zero attached hydrogens (tertiary/aromatic N) is 1. The van der Waals surface area contributed by atoms with Gasteiger partial charge in [0.15, 0.2) is 0 Å². The maximum atomic E-state index is 12.8. The molecule has 0 bridgehead atoms. The Hall–Kier alpha value is -1.85. The van der Waals surface area contributed by atoms with Crippen molar-refractivity contribution in [3.8, 4) is 5.75 Å². The van der Waals surface area contributed by atoms with Crippen molar-refractivity contribution in [3.05, 3.63) is 52.2 Å². The number of rotatable bonds is 8. The number of para-hydroxylation sites is 1. The fourth-order valence-electron chi connectivity index (χ4n) is 3.17. The number of phenols is 1. The third-order valence-electron chi connectivity index (χ3n) is 4.55. The minimum absolute atomic E-state index is 0.118. The van der Waals surface area contributed by atoms with Crippen molar-refractivity contribution in [3.63, 3.8) is 0 Å². The van der Waals surface area contributed by atoms with Gasteiger partial charge in [-0.15, -0.1) is 11.3 Å². The third kappa shape index (κ3) is 5.31. The molecule has 4 nitrogen and oxygen atoms in total. The molecule has 2 aromatic rings. The highest BCUT2D eigenvalue weighted by Gasteiger charge is 2.23. The van der Waals surface area contributed by atoms with Gasteiger partial charge in [-0.05, 0) is 43.2 Å². The van der Waals surface area contributed by atoms with Gasteiger partial charge in [-0.1, -0.05) is 24.3 Å². The van der Waals surface area contributed by atoms with E-state index in [0.717, 1.165) is 37.9 Å². The normalized spacial score (nSPS) is 16.9. The van der Waals surface area contributed by atoms with Crippen molar-refractivity contribution >= 4 is 17.2 Å². The molecule has 3 rings (SSSR count). The largest absolute Gasteiger partial charge is 0.508 e. The van der Waals surface area contributed by atoms with Gasteiger partial charge >= 0.3 is 0 Å². The van der Waals surface area contributed by atoms with Crippen LogP contribution in [0.3, 0.4) is 0 Å². The zero-order chi connectivity index (χ0) is 17.5. The minimum Gasteiger partial charge on any atom is -0.508 e. The van der Waals surface area contributed by atoms with Gasteiger partial charge in [-0.25, -0.2) is 0 Å². The molecule has 1 unspecified atom stereocenters. The third-order valence-corrected chi connectivity index (χ3v) is 5.48. The summed E-state index contributed by atoms with van der Waals surface area (Å²) in [6, 6.07) is 11.4. The van der Waals surface area contributed by atoms with Crippen molar-refractivity contribution in [1.29, 1.82) is 0 Å². The zero-order valence-corrected chi connectivity index (χ0v) is 15.2. The summed E-state index contributed by atoms with van der Waals surface area (Å²) in [5.74, 6) is 0.376. The van der Waals surface area contributed by atoms with E-state index in [1.807, 2.05) is 23.1 Å². The number of hydrogen-bond donors (Lipinski definition) is 1. The quantitative estimate of drug-likeness (QED) is 0.775. The lowest BCUT2D eigenvalue weighted by Crippen LogP contribution is -2.36. The highest BCUT2D eigenvalue weighted by Crippen LogP contribution is 2.21. The Bertz CT molecular complexity index is 665. The monoisotopic (exact) mass is 359 g/mol. The number of aryl methyl sites for hydroxylation is 1. The molecule has 1 aliphatic heterocycles. The van der Waals surface area contributed by atoms with Crippen LogP contribution >= 0.6 is 11.3 Å². The molecule has 1 atom stereocenters. The van der Waals surface area contributed by atoms with E-state index in [1.165, 1.54) is 4.88 Å². The number of aromatic hydroxyl groups is 1. The zero-order valence-electron chi connectivity index (χ0n) is 14.4. The predicted molar refractivity (Wildman–Crippen MR) is 99.8 cm³/mol. The summed E-state index contributed by atoms with van der Waals surface area (Å²) in [6.07, 6.45) is 4.49. The molecule has 1 fully saturated rings. The van der Waals surface area contributed by atoms with E-state index in [9.17, 15) is 9.90 Å².